The van der Waals surface area contributed by atoms with E-state index in [1.165, 1.54) is 0 Å². The van der Waals surface area contributed by atoms with Crippen LogP contribution in [-0.2, 0) is 19.1 Å². The van der Waals surface area contributed by atoms with E-state index in [0.717, 1.165) is 19.4 Å². The summed E-state index contributed by atoms with van der Waals surface area (Å²) in [6, 6.07) is -1.24. The molecule has 0 fully saturated rings. The van der Waals surface area contributed by atoms with E-state index in [2.05, 4.69) is 17.0 Å². The zero-order chi connectivity index (χ0) is 13.8. The van der Waals surface area contributed by atoms with Crippen molar-refractivity contribution in [3.05, 3.63) is 0 Å². The molecule has 0 saturated carbocycles. The molecule has 6 nitrogen and oxygen atoms in total. The third-order valence-electron chi connectivity index (χ3n) is 2.23. The van der Waals surface area contributed by atoms with Gasteiger partial charge in [0.25, 0.3) is 0 Å². The number of nitrogens with two attached hydrogens (primary N) is 1. The number of hydrogen-bond donors (Lipinski definition) is 2. The quantitative estimate of drug-likeness (QED) is 0.333. The van der Waals surface area contributed by atoms with Crippen molar-refractivity contribution >= 4 is 11.9 Å². The second-order valence-electron chi connectivity index (χ2n) is 3.84. The lowest BCUT2D eigenvalue weighted by Crippen LogP contribution is -2.47. The molecular weight excluding hydrogens is 236 g/mol. The molecule has 0 aromatic heterocycles. The number of hydrogen-bond acceptors (Lipinski definition) is 5. The normalized spacial score (nSPS) is 11.9. The number of rotatable bonds is 10. The third kappa shape index (κ3) is 8.03. The van der Waals surface area contributed by atoms with Gasteiger partial charge in [-0.2, -0.15) is 0 Å². The number of carbonyl (C=O) groups is 2. The Labute approximate surface area is 108 Å². The lowest BCUT2D eigenvalue weighted by Gasteiger charge is -2.11. The molecule has 0 radical (unpaired) electrons. The molecule has 0 bridgehead atoms. The topological polar surface area (TPSA) is 90.6 Å². The van der Waals surface area contributed by atoms with Crippen molar-refractivity contribution < 1.29 is 19.1 Å². The van der Waals surface area contributed by atoms with Gasteiger partial charge in [-0.15, -0.1) is 0 Å². The second-order valence-corrected chi connectivity index (χ2v) is 3.84. The largest absolute Gasteiger partial charge is 0.464 e. The fourth-order valence-corrected chi connectivity index (χ4v) is 1.18. The highest BCUT2D eigenvalue weighted by Gasteiger charge is 2.22. The molecule has 106 valence electrons. The van der Waals surface area contributed by atoms with Gasteiger partial charge in [0.15, 0.2) is 6.04 Å². The molecular formula is C12H24N2O4. The van der Waals surface area contributed by atoms with Crippen molar-refractivity contribution in [3.8, 4) is 0 Å². The summed E-state index contributed by atoms with van der Waals surface area (Å²) in [7, 11) is 0. The van der Waals surface area contributed by atoms with E-state index in [-0.39, 0.29) is 6.61 Å². The first-order valence-electron chi connectivity index (χ1n) is 6.41. The van der Waals surface area contributed by atoms with Gasteiger partial charge in [0, 0.05) is 19.8 Å². The van der Waals surface area contributed by atoms with Crippen LogP contribution in [0.1, 0.15) is 33.1 Å². The molecule has 0 aliphatic carbocycles. The Morgan fingerprint density at radius 3 is 2.50 bits per heavy atom. The summed E-state index contributed by atoms with van der Waals surface area (Å²) in [4.78, 5) is 22.6. The molecule has 0 spiro atoms. The highest BCUT2D eigenvalue weighted by Crippen LogP contribution is 1.90. The first-order chi connectivity index (χ1) is 8.63. The fraction of sp³-hybridized carbons (Fsp3) is 0.833. The van der Waals surface area contributed by atoms with Crippen LogP contribution in [-0.4, -0.2) is 44.3 Å². The number of unbranched alkanes of at least 4 members (excludes halogenated alkanes) is 1. The van der Waals surface area contributed by atoms with E-state index >= 15 is 0 Å². The predicted molar refractivity (Wildman–Crippen MR) is 68.0 cm³/mol. The summed E-state index contributed by atoms with van der Waals surface area (Å²) in [5.74, 6) is -1.21. The van der Waals surface area contributed by atoms with Crippen LogP contribution in [0.15, 0.2) is 0 Å². The smallest absolute Gasteiger partial charge is 0.332 e. The average molecular weight is 260 g/mol. The van der Waals surface area contributed by atoms with Crippen molar-refractivity contribution in [2.24, 2.45) is 5.73 Å². The van der Waals surface area contributed by atoms with E-state index in [0.29, 0.717) is 19.6 Å². The second kappa shape index (κ2) is 11.0. The van der Waals surface area contributed by atoms with Gasteiger partial charge in [0.1, 0.15) is 0 Å². The number of nitrogens with one attached hydrogen (secondary N) is 1. The average Bonchev–Trinajstić information content (AvgIpc) is 2.36. The first-order valence-corrected chi connectivity index (χ1v) is 6.41. The van der Waals surface area contributed by atoms with Crippen LogP contribution in [0.2, 0.25) is 0 Å². The number of ether oxygens (including phenoxy) is 2. The summed E-state index contributed by atoms with van der Waals surface area (Å²) in [5, 5.41) is 2.57. The number of amides is 1. The molecule has 0 aliphatic rings. The summed E-state index contributed by atoms with van der Waals surface area (Å²) in [5.41, 5.74) is 5.41. The molecule has 6 heteroatoms. The van der Waals surface area contributed by atoms with Gasteiger partial charge >= 0.3 is 5.97 Å². The van der Waals surface area contributed by atoms with Crippen LogP contribution in [0, 0.1) is 0 Å². The van der Waals surface area contributed by atoms with Crippen molar-refractivity contribution in [3.63, 3.8) is 0 Å². The van der Waals surface area contributed by atoms with Gasteiger partial charge in [0.2, 0.25) is 5.91 Å². The SMILES string of the molecule is CCCCOCCCNC(=O)C(N)C(=O)OCC. The molecule has 3 N–H and O–H groups in total. The van der Waals surface area contributed by atoms with Crippen LogP contribution in [0.5, 0.6) is 0 Å². The highest BCUT2D eigenvalue weighted by atomic mass is 16.5. The Balaban J connectivity index is 3.55. The van der Waals surface area contributed by atoms with E-state index < -0.39 is 17.9 Å². The Hall–Kier alpha value is -1.14. The van der Waals surface area contributed by atoms with Gasteiger partial charge in [0.05, 0.1) is 6.61 Å². The van der Waals surface area contributed by atoms with Gasteiger partial charge in [-0.3, -0.25) is 4.79 Å². The fourth-order valence-electron chi connectivity index (χ4n) is 1.18. The van der Waals surface area contributed by atoms with Crippen LogP contribution >= 0.6 is 0 Å². The Morgan fingerprint density at radius 2 is 1.89 bits per heavy atom. The molecule has 1 unspecified atom stereocenters. The van der Waals surface area contributed by atoms with Crippen LogP contribution in [0.4, 0.5) is 0 Å². The van der Waals surface area contributed by atoms with Crippen molar-refractivity contribution in [1.82, 2.24) is 5.32 Å². The monoisotopic (exact) mass is 260 g/mol. The molecule has 18 heavy (non-hydrogen) atoms. The number of esters is 1. The lowest BCUT2D eigenvalue weighted by atomic mass is 10.3. The molecule has 1 amide bonds. The highest BCUT2D eigenvalue weighted by molar-refractivity contribution is 6.01. The first kappa shape index (κ1) is 16.9. The van der Waals surface area contributed by atoms with Crippen LogP contribution < -0.4 is 11.1 Å². The van der Waals surface area contributed by atoms with Crippen molar-refractivity contribution in [2.75, 3.05) is 26.4 Å². The van der Waals surface area contributed by atoms with Gasteiger partial charge in [-0.1, -0.05) is 13.3 Å². The van der Waals surface area contributed by atoms with E-state index in [9.17, 15) is 9.59 Å². The van der Waals surface area contributed by atoms with Gasteiger partial charge < -0.3 is 20.5 Å². The van der Waals surface area contributed by atoms with Crippen molar-refractivity contribution in [1.29, 1.82) is 0 Å². The minimum atomic E-state index is -1.24. The maximum atomic E-state index is 11.4. The standard InChI is InChI=1S/C12H24N2O4/c1-3-5-8-17-9-6-7-14-11(15)10(13)12(16)18-4-2/h10H,3-9,13H2,1-2H3,(H,14,15). The van der Waals surface area contributed by atoms with Gasteiger partial charge in [-0.25, -0.2) is 4.79 Å². The Kier molecular flexibility index (Phi) is 10.3. The van der Waals surface area contributed by atoms with Crippen molar-refractivity contribution in [2.45, 2.75) is 39.2 Å². The molecule has 0 aromatic carbocycles. The Morgan fingerprint density at radius 1 is 1.22 bits per heavy atom. The number of carbonyl (C=O) groups excluding carboxylic acids is 2. The lowest BCUT2D eigenvalue weighted by molar-refractivity contribution is -0.147. The summed E-state index contributed by atoms with van der Waals surface area (Å²) < 4.78 is 9.98. The zero-order valence-corrected chi connectivity index (χ0v) is 11.2. The molecule has 1 atom stereocenters. The summed E-state index contributed by atoms with van der Waals surface area (Å²) in [6.07, 6.45) is 2.84. The Bertz CT molecular complexity index is 246. The van der Waals surface area contributed by atoms with Gasteiger partial charge in [-0.05, 0) is 19.8 Å². The summed E-state index contributed by atoms with van der Waals surface area (Å²) in [6.45, 7) is 5.75. The predicted octanol–water partition coefficient (Wildman–Crippen LogP) is 0.200. The molecule has 0 aliphatic heterocycles. The van der Waals surface area contributed by atoms with E-state index in [1.54, 1.807) is 6.92 Å². The minimum Gasteiger partial charge on any atom is -0.464 e. The van der Waals surface area contributed by atoms with E-state index in [1.807, 2.05) is 0 Å². The molecule has 0 aromatic rings. The molecule has 0 saturated heterocycles. The third-order valence-corrected chi connectivity index (χ3v) is 2.23. The zero-order valence-electron chi connectivity index (χ0n) is 11.2. The minimum absolute atomic E-state index is 0.213. The molecule has 0 heterocycles. The molecule has 0 rings (SSSR count). The summed E-state index contributed by atoms with van der Waals surface area (Å²) >= 11 is 0. The van der Waals surface area contributed by atoms with E-state index in [4.69, 9.17) is 10.5 Å². The van der Waals surface area contributed by atoms with Crippen LogP contribution in [0.3, 0.4) is 0 Å². The maximum Gasteiger partial charge on any atom is 0.332 e. The van der Waals surface area contributed by atoms with Crippen LogP contribution in [0.25, 0.3) is 0 Å². The maximum absolute atomic E-state index is 11.4.